The molecule has 0 heterocycles. The van der Waals surface area contributed by atoms with E-state index in [1.54, 1.807) is 0 Å². The molecule has 0 saturated heterocycles. The van der Waals surface area contributed by atoms with Gasteiger partial charge >= 0.3 is 0 Å². The Bertz CT molecular complexity index is 97.1. The summed E-state index contributed by atoms with van der Waals surface area (Å²) < 4.78 is 8.22. The summed E-state index contributed by atoms with van der Waals surface area (Å²) in [5.41, 5.74) is 0. The summed E-state index contributed by atoms with van der Waals surface area (Å²) in [4.78, 5) is 0. The summed E-state index contributed by atoms with van der Waals surface area (Å²) in [6.45, 7) is 0. The third-order valence-electron chi connectivity index (χ3n) is 0.575. The first-order valence-corrected chi connectivity index (χ1v) is 4.20. The second-order valence-electron chi connectivity index (χ2n) is 1.45. The van der Waals surface area contributed by atoms with Crippen molar-refractivity contribution in [2.24, 2.45) is 0 Å². The maximum Gasteiger partial charge on any atom is 0.225 e. The first-order valence-electron chi connectivity index (χ1n) is 1.93. The maximum absolute atomic E-state index is 12.6. The van der Waals surface area contributed by atoms with Crippen LogP contribution < -0.4 is 0 Å². The number of hydrogen-bond acceptors (Lipinski definition) is 0. The summed E-state index contributed by atoms with van der Waals surface area (Å²) >= 11 is 30.4. The molecule has 0 fully saturated rings. The van der Waals surface area contributed by atoms with Crippen LogP contribution >= 0.6 is 69.6 Å². The highest BCUT2D eigenvalue weighted by molar-refractivity contribution is 6.73. The Hall–Kier alpha value is 1.67. The van der Waals surface area contributed by atoms with Crippen LogP contribution in [0, 0.1) is 0 Å². The number of alkyl halides is 7. The first kappa shape index (κ1) is 11.7. The van der Waals surface area contributed by atoms with Gasteiger partial charge in [0.15, 0.2) is 6.17 Å². The highest BCUT2D eigenvalue weighted by Gasteiger charge is 2.47. The van der Waals surface area contributed by atoms with E-state index >= 15 is 0 Å². The molecular formula is C3HCl6F. The van der Waals surface area contributed by atoms with Crippen molar-refractivity contribution in [1.82, 2.24) is 0 Å². The Morgan fingerprint density at radius 3 is 1.00 bits per heavy atom. The largest absolute Gasteiger partial charge is 0.238 e. The number of halogens is 7. The zero-order valence-corrected chi connectivity index (χ0v) is 8.76. The molecule has 0 nitrogen and oxygen atoms in total. The summed E-state index contributed by atoms with van der Waals surface area (Å²) in [7, 11) is 0. The van der Waals surface area contributed by atoms with Gasteiger partial charge < -0.3 is 0 Å². The van der Waals surface area contributed by atoms with Gasteiger partial charge in [-0.1, -0.05) is 69.6 Å². The van der Waals surface area contributed by atoms with Gasteiger partial charge in [0.05, 0.1) is 0 Å². The van der Waals surface area contributed by atoms with E-state index in [2.05, 4.69) is 0 Å². The van der Waals surface area contributed by atoms with Gasteiger partial charge in [0.25, 0.3) is 0 Å². The Labute approximate surface area is 87.5 Å². The van der Waals surface area contributed by atoms with Crippen LogP contribution in [0.5, 0.6) is 0 Å². The summed E-state index contributed by atoms with van der Waals surface area (Å²) in [5.74, 6) is 0. The molecular weight excluding hydrogens is 268 g/mol. The van der Waals surface area contributed by atoms with E-state index in [4.69, 9.17) is 69.6 Å². The van der Waals surface area contributed by atoms with E-state index in [0.717, 1.165) is 0 Å². The van der Waals surface area contributed by atoms with E-state index < -0.39 is 13.8 Å². The molecule has 0 aliphatic carbocycles. The van der Waals surface area contributed by atoms with Gasteiger partial charge in [-0.25, -0.2) is 4.39 Å². The lowest BCUT2D eigenvalue weighted by Crippen LogP contribution is -2.33. The molecule has 7 heteroatoms. The molecule has 0 aromatic heterocycles. The average molecular weight is 269 g/mol. The fourth-order valence-electron chi connectivity index (χ4n) is 0.186. The summed E-state index contributed by atoms with van der Waals surface area (Å²) in [5, 5.41) is 0. The molecule has 0 atom stereocenters. The Balaban J connectivity index is 4.23. The molecule has 0 aromatic rings. The molecule has 0 bridgehead atoms. The molecule has 0 aliphatic rings. The molecule has 0 radical (unpaired) electrons. The van der Waals surface area contributed by atoms with Crippen LogP contribution in [0.4, 0.5) is 4.39 Å². The van der Waals surface area contributed by atoms with Crippen LogP contribution in [0.2, 0.25) is 0 Å². The van der Waals surface area contributed by atoms with Crippen molar-refractivity contribution < 1.29 is 4.39 Å². The monoisotopic (exact) mass is 266 g/mol. The summed E-state index contributed by atoms with van der Waals surface area (Å²) in [6.07, 6.45) is -2.14. The van der Waals surface area contributed by atoms with Gasteiger partial charge in [-0.2, -0.15) is 0 Å². The first-order chi connectivity index (χ1) is 4.15. The van der Waals surface area contributed by atoms with Crippen LogP contribution in [0.25, 0.3) is 0 Å². The molecule has 0 spiro atoms. The van der Waals surface area contributed by atoms with Gasteiger partial charge in [0, 0.05) is 0 Å². The normalized spacial score (nSPS) is 14.4. The quantitative estimate of drug-likeness (QED) is 0.581. The van der Waals surface area contributed by atoms with Crippen molar-refractivity contribution in [1.29, 1.82) is 0 Å². The molecule has 0 saturated carbocycles. The van der Waals surface area contributed by atoms with Crippen LogP contribution in [0.3, 0.4) is 0 Å². The van der Waals surface area contributed by atoms with Gasteiger partial charge in [0.1, 0.15) is 0 Å². The fraction of sp³-hybridized carbons (Fsp3) is 1.00. The van der Waals surface area contributed by atoms with E-state index in [1.807, 2.05) is 0 Å². The van der Waals surface area contributed by atoms with Crippen molar-refractivity contribution in [3.63, 3.8) is 0 Å². The van der Waals surface area contributed by atoms with Crippen molar-refractivity contribution in [2.45, 2.75) is 13.8 Å². The Morgan fingerprint density at radius 2 is 1.00 bits per heavy atom. The fourth-order valence-corrected chi connectivity index (χ4v) is 1.67. The van der Waals surface area contributed by atoms with E-state index in [1.165, 1.54) is 0 Å². The van der Waals surface area contributed by atoms with Crippen LogP contribution in [0.1, 0.15) is 0 Å². The average Bonchev–Trinajstić information content (AvgIpc) is 1.59. The number of rotatable bonds is 0. The van der Waals surface area contributed by atoms with E-state index in [-0.39, 0.29) is 0 Å². The topological polar surface area (TPSA) is 0 Å². The van der Waals surface area contributed by atoms with Gasteiger partial charge in [0.2, 0.25) is 7.59 Å². The maximum atomic E-state index is 12.6. The molecule has 0 unspecified atom stereocenters. The van der Waals surface area contributed by atoms with E-state index in [9.17, 15) is 4.39 Å². The minimum Gasteiger partial charge on any atom is -0.238 e. The van der Waals surface area contributed by atoms with Crippen LogP contribution in [-0.2, 0) is 0 Å². The minimum atomic E-state index is -2.20. The second kappa shape index (κ2) is 3.59. The molecule has 62 valence electrons. The SMILES string of the molecule is FC(C(Cl)(Cl)Cl)C(Cl)(Cl)Cl. The second-order valence-corrected chi connectivity index (χ2v) is 6.18. The number of hydrogen-bond donors (Lipinski definition) is 0. The van der Waals surface area contributed by atoms with Crippen molar-refractivity contribution >= 4 is 69.6 Å². The minimum absolute atomic E-state index is 2.14. The lowest BCUT2D eigenvalue weighted by atomic mass is 10.5. The highest BCUT2D eigenvalue weighted by atomic mass is 35.6. The third-order valence-corrected chi connectivity index (χ3v) is 1.72. The summed E-state index contributed by atoms with van der Waals surface area (Å²) in [6, 6.07) is 0. The van der Waals surface area contributed by atoms with Crippen molar-refractivity contribution in [2.75, 3.05) is 0 Å². The molecule has 0 aliphatic heterocycles. The molecule has 0 N–H and O–H groups in total. The van der Waals surface area contributed by atoms with Crippen LogP contribution in [0.15, 0.2) is 0 Å². The smallest absolute Gasteiger partial charge is 0.225 e. The molecule has 10 heavy (non-hydrogen) atoms. The zero-order chi connectivity index (χ0) is 8.58. The molecule has 0 amide bonds. The van der Waals surface area contributed by atoms with Crippen LogP contribution in [-0.4, -0.2) is 13.8 Å². The predicted molar refractivity (Wildman–Crippen MR) is 45.5 cm³/mol. The third kappa shape index (κ3) is 3.89. The highest BCUT2D eigenvalue weighted by Crippen LogP contribution is 2.45. The predicted octanol–water partition coefficient (Wildman–Crippen LogP) is 4.06. The van der Waals surface area contributed by atoms with Gasteiger partial charge in [-0.05, 0) is 0 Å². The standard InChI is InChI=1S/C3HCl6F/c4-2(5,6)1(10)3(7,8)9/h1H. The molecule has 0 rings (SSSR count). The Morgan fingerprint density at radius 1 is 0.800 bits per heavy atom. The van der Waals surface area contributed by atoms with E-state index in [0.29, 0.717) is 0 Å². The lowest BCUT2D eigenvalue weighted by molar-refractivity contribution is 0.343. The lowest BCUT2D eigenvalue weighted by Gasteiger charge is -2.22. The van der Waals surface area contributed by atoms with Gasteiger partial charge in [-0.3, -0.25) is 0 Å². The van der Waals surface area contributed by atoms with Crippen molar-refractivity contribution in [3.05, 3.63) is 0 Å². The van der Waals surface area contributed by atoms with Gasteiger partial charge in [-0.15, -0.1) is 0 Å². The van der Waals surface area contributed by atoms with Crippen molar-refractivity contribution in [3.8, 4) is 0 Å². The zero-order valence-electron chi connectivity index (χ0n) is 4.22. The molecule has 0 aromatic carbocycles. The Kier molecular flexibility index (Phi) is 4.19.